The Hall–Kier alpha value is -2.23. The number of halogens is 2. The summed E-state index contributed by atoms with van der Waals surface area (Å²) in [6, 6.07) is 22.3. The fourth-order valence-corrected chi connectivity index (χ4v) is 3.84. The van der Waals surface area contributed by atoms with E-state index >= 15 is 0 Å². The van der Waals surface area contributed by atoms with Crippen LogP contribution in [-0.4, -0.2) is 4.57 Å². The zero-order chi connectivity index (χ0) is 16.3. The van der Waals surface area contributed by atoms with Gasteiger partial charge in [-0.1, -0.05) is 51.8 Å². The number of rotatable bonds is 1. The fourth-order valence-electron chi connectivity index (χ4n) is 3.32. The Morgan fingerprint density at radius 3 is 2.54 bits per heavy atom. The number of para-hydroxylation sites is 1. The lowest BCUT2D eigenvalue weighted by Gasteiger charge is -2.05. The molecule has 0 spiro atoms. The van der Waals surface area contributed by atoms with Crippen molar-refractivity contribution in [1.29, 1.82) is 0 Å². The molecule has 2 nitrogen and oxygen atoms in total. The van der Waals surface area contributed by atoms with Gasteiger partial charge in [0.25, 0.3) is 0 Å². The maximum absolute atomic E-state index is 6.22. The average Bonchev–Trinajstić information content (AvgIpc) is 3.09. The highest BCUT2D eigenvalue weighted by atomic mass is 79.9. The molecule has 0 N–H and O–H groups in total. The van der Waals surface area contributed by atoms with Gasteiger partial charge in [0.1, 0.15) is 5.58 Å². The van der Waals surface area contributed by atoms with Gasteiger partial charge in [-0.3, -0.25) is 4.57 Å². The number of hydrogen-bond donors (Lipinski definition) is 0. The van der Waals surface area contributed by atoms with Crippen LogP contribution in [0.1, 0.15) is 0 Å². The second kappa shape index (κ2) is 5.13. The Balaban J connectivity index is 2.05. The zero-order valence-electron chi connectivity index (χ0n) is 12.5. The number of aromatic nitrogens is 1. The summed E-state index contributed by atoms with van der Waals surface area (Å²) < 4.78 is 9.40. The van der Waals surface area contributed by atoms with Crippen molar-refractivity contribution >= 4 is 60.5 Å². The molecule has 0 bridgehead atoms. The summed E-state index contributed by atoms with van der Waals surface area (Å²) in [4.78, 5) is 0. The summed E-state index contributed by atoms with van der Waals surface area (Å²) in [6.45, 7) is 0. The largest absolute Gasteiger partial charge is 0.439 e. The molecular formula is C20H11BrClNO. The molecule has 5 rings (SSSR count). The van der Waals surface area contributed by atoms with Gasteiger partial charge in [-0.05, 0) is 42.5 Å². The topological polar surface area (TPSA) is 18.1 Å². The molecule has 0 aliphatic heterocycles. The normalized spacial score (nSPS) is 11.8. The van der Waals surface area contributed by atoms with E-state index in [-0.39, 0.29) is 0 Å². The molecule has 5 aromatic rings. The van der Waals surface area contributed by atoms with Gasteiger partial charge in [0, 0.05) is 26.0 Å². The van der Waals surface area contributed by atoms with Gasteiger partial charge in [0.2, 0.25) is 5.71 Å². The van der Waals surface area contributed by atoms with E-state index in [1.165, 1.54) is 0 Å². The van der Waals surface area contributed by atoms with Crippen molar-refractivity contribution in [3.63, 3.8) is 0 Å². The van der Waals surface area contributed by atoms with Crippen LogP contribution in [0.25, 0.3) is 38.7 Å². The first-order chi connectivity index (χ1) is 11.7. The van der Waals surface area contributed by atoms with Crippen molar-refractivity contribution < 1.29 is 4.42 Å². The first-order valence-corrected chi connectivity index (χ1v) is 8.76. The quantitative estimate of drug-likeness (QED) is 0.300. The molecule has 0 saturated heterocycles. The summed E-state index contributed by atoms with van der Waals surface area (Å²) in [7, 11) is 0. The molecule has 0 aliphatic carbocycles. The van der Waals surface area contributed by atoms with E-state index in [4.69, 9.17) is 16.0 Å². The van der Waals surface area contributed by atoms with E-state index in [9.17, 15) is 0 Å². The first kappa shape index (κ1) is 14.1. The van der Waals surface area contributed by atoms with Crippen molar-refractivity contribution in [3.8, 4) is 5.69 Å². The molecule has 0 aliphatic rings. The minimum Gasteiger partial charge on any atom is -0.439 e. The van der Waals surface area contributed by atoms with Crippen LogP contribution in [0, 0.1) is 0 Å². The summed E-state index contributed by atoms with van der Waals surface area (Å²) in [5.74, 6) is 0. The van der Waals surface area contributed by atoms with Crippen molar-refractivity contribution in [3.05, 3.63) is 76.2 Å². The molecule has 0 atom stereocenters. The van der Waals surface area contributed by atoms with Gasteiger partial charge in [-0.2, -0.15) is 0 Å². The molecule has 2 heterocycles. The highest BCUT2D eigenvalue weighted by molar-refractivity contribution is 9.10. The van der Waals surface area contributed by atoms with E-state index in [2.05, 4.69) is 50.8 Å². The third-order valence-electron chi connectivity index (χ3n) is 4.32. The standard InChI is InChI=1S/C20H11BrClNO/c21-12-6-8-15-17(10-12)23(14-4-2-1-3-5-14)20-19(15)16-11-13(22)7-9-18(16)24-20/h1-11H. The summed E-state index contributed by atoms with van der Waals surface area (Å²) in [6.07, 6.45) is 0. The van der Waals surface area contributed by atoms with E-state index < -0.39 is 0 Å². The van der Waals surface area contributed by atoms with Gasteiger partial charge >= 0.3 is 0 Å². The van der Waals surface area contributed by atoms with E-state index in [1.54, 1.807) is 0 Å². The lowest BCUT2D eigenvalue weighted by atomic mass is 10.1. The molecule has 0 saturated carbocycles. The van der Waals surface area contributed by atoms with Gasteiger partial charge in [-0.25, -0.2) is 0 Å². The number of fused-ring (bicyclic) bond motifs is 5. The second-order valence-electron chi connectivity index (χ2n) is 5.76. The molecule has 0 amide bonds. The Morgan fingerprint density at radius 1 is 0.875 bits per heavy atom. The van der Waals surface area contributed by atoms with Gasteiger partial charge in [0.15, 0.2) is 0 Å². The van der Waals surface area contributed by atoms with Crippen molar-refractivity contribution in [1.82, 2.24) is 4.57 Å². The number of hydrogen-bond acceptors (Lipinski definition) is 1. The minimum atomic E-state index is 0.711. The zero-order valence-corrected chi connectivity index (χ0v) is 14.8. The van der Waals surface area contributed by atoms with E-state index in [0.29, 0.717) is 5.02 Å². The van der Waals surface area contributed by atoms with Crippen LogP contribution in [0.15, 0.2) is 75.6 Å². The second-order valence-corrected chi connectivity index (χ2v) is 7.11. The SMILES string of the molecule is Clc1ccc2oc3c(c2c1)c1ccc(Br)cc1n3-c1ccccc1. The van der Waals surface area contributed by atoms with Crippen LogP contribution in [0.2, 0.25) is 5.02 Å². The Morgan fingerprint density at radius 2 is 1.71 bits per heavy atom. The molecule has 0 fully saturated rings. The van der Waals surface area contributed by atoms with Crippen molar-refractivity contribution in [2.45, 2.75) is 0 Å². The molecule has 3 aromatic carbocycles. The number of furan rings is 1. The monoisotopic (exact) mass is 395 g/mol. The molecular weight excluding hydrogens is 386 g/mol. The van der Waals surface area contributed by atoms with Crippen LogP contribution < -0.4 is 0 Å². The maximum atomic E-state index is 6.22. The van der Waals surface area contributed by atoms with Crippen molar-refractivity contribution in [2.75, 3.05) is 0 Å². The van der Waals surface area contributed by atoms with Crippen LogP contribution in [0.3, 0.4) is 0 Å². The molecule has 0 unspecified atom stereocenters. The maximum Gasteiger partial charge on any atom is 0.213 e. The van der Waals surface area contributed by atoms with Crippen molar-refractivity contribution in [2.24, 2.45) is 0 Å². The highest BCUT2D eigenvalue weighted by Crippen LogP contribution is 2.40. The smallest absolute Gasteiger partial charge is 0.213 e. The van der Waals surface area contributed by atoms with E-state index in [1.807, 2.05) is 36.4 Å². The Labute approximate surface area is 151 Å². The lowest BCUT2D eigenvalue weighted by Crippen LogP contribution is -1.92. The molecule has 24 heavy (non-hydrogen) atoms. The number of nitrogens with zero attached hydrogens (tertiary/aromatic N) is 1. The van der Waals surface area contributed by atoms with Gasteiger partial charge in [-0.15, -0.1) is 0 Å². The third-order valence-corrected chi connectivity index (χ3v) is 5.05. The van der Waals surface area contributed by atoms with Crippen LogP contribution >= 0.6 is 27.5 Å². The number of benzene rings is 3. The highest BCUT2D eigenvalue weighted by Gasteiger charge is 2.19. The first-order valence-electron chi connectivity index (χ1n) is 7.59. The Kier molecular flexibility index (Phi) is 3.02. The minimum absolute atomic E-state index is 0.711. The molecule has 4 heteroatoms. The molecule has 2 aromatic heterocycles. The predicted molar refractivity (Wildman–Crippen MR) is 103 cm³/mol. The summed E-state index contributed by atoms with van der Waals surface area (Å²) in [5.41, 5.74) is 3.86. The predicted octanol–water partition coefficient (Wildman–Crippen LogP) is 6.95. The van der Waals surface area contributed by atoms with Gasteiger partial charge in [0.05, 0.1) is 10.9 Å². The average molecular weight is 397 g/mol. The fraction of sp³-hybridized carbons (Fsp3) is 0. The molecule has 0 radical (unpaired) electrons. The molecule has 116 valence electrons. The summed E-state index contributed by atoms with van der Waals surface area (Å²) in [5, 5.41) is 4.00. The van der Waals surface area contributed by atoms with Gasteiger partial charge < -0.3 is 4.42 Å². The lowest BCUT2D eigenvalue weighted by molar-refractivity contribution is 0.645. The third kappa shape index (κ3) is 1.95. The van der Waals surface area contributed by atoms with Crippen LogP contribution in [0.4, 0.5) is 0 Å². The van der Waals surface area contributed by atoms with Crippen LogP contribution in [0.5, 0.6) is 0 Å². The summed E-state index contributed by atoms with van der Waals surface area (Å²) >= 11 is 9.80. The Bertz CT molecular complexity index is 1220. The van der Waals surface area contributed by atoms with E-state index in [0.717, 1.165) is 43.1 Å². The van der Waals surface area contributed by atoms with Crippen LogP contribution in [-0.2, 0) is 0 Å².